The molecule has 0 spiro atoms. The summed E-state index contributed by atoms with van der Waals surface area (Å²) < 4.78 is 22.2. The summed E-state index contributed by atoms with van der Waals surface area (Å²) in [5.41, 5.74) is 5.38. The van der Waals surface area contributed by atoms with Gasteiger partial charge in [-0.25, -0.2) is 4.57 Å². The predicted molar refractivity (Wildman–Crippen MR) is 244 cm³/mol. The molecule has 334 valence electrons. The monoisotopic (exact) mass is 823 g/mol. The van der Waals surface area contributed by atoms with Gasteiger partial charge in [0.2, 0.25) is 5.91 Å². The Kier molecular flexibility index (Phi) is 42.8. The lowest BCUT2D eigenvalue weighted by Crippen LogP contribution is -2.45. The van der Waals surface area contributed by atoms with Crippen molar-refractivity contribution < 1.29 is 28.4 Å². The van der Waals surface area contributed by atoms with Gasteiger partial charge in [-0.15, -0.1) is 0 Å². The van der Waals surface area contributed by atoms with E-state index in [0.717, 1.165) is 44.9 Å². The van der Waals surface area contributed by atoms with E-state index in [1.54, 1.807) is 6.08 Å². The fraction of sp³-hybridized carbons (Fsp3) is 0.812. The summed E-state index contributed by atoms with van der Waals surface area (Å²) in [5.74, 6) is -0.208. The Morgan fingerprint density at radius 1 is 0.579 bits per heavy atom. The number of hydrogen-bond acceptors (Lipinski definition) is 6. The number of allylic oxidation sites excluding steroid dienone is 7. The van der Waals surface area contributed by atoms with Crippen molar-refractivity contribution in [1.82, 2.24) is 5.32 Å². The van der Waals surface area contributed by atoms with Crippen molar-refractivity contribution >= 4 is 13.7 Å². The van der Waals surface area contributed by atoms with Gasteiger partial charge in [0, 0.05) is 13.0 Å². The summed E-state index contributed by atoms with van der Waals surface area (Å²) in [6.07, 6.45) is 54.5. The fourth-order valence-electron chi connectivity index (χ4n) is 6.77. The van der Waals surface area contributed by atoms with Gasteiger partial charge in [0.1, 0.15) is 0 Å². The van der Waals surface area contributed by atoms with E-state index in [4.69, 9.17) is 14.8 Å². The second-order valence-electron chi connectivity index (χ2n) is 16.0. The van der Waals surface area contributed by atoms with Crippen LogP contribution in [0.4, 0.5) is 0 Å². The maximum atomic E-state index is 12.8. The number of amides is 1. The zero-order valence-corrected chi connectivity index (χ0v) is 38.0. The molecule has 9 heteroatoms. The Morgan fingerprint density at radius 2 is 0.982 bits per heavy atom. The number of rotatable bonds is 44. The number of unbranched alkanes of at least 4 members (excludes halogenated alkanes) is 26. The highest BCUT2D eigenvalue weighted by molar-refractivity contribution is 7.47. The lowest BCUT2D eigenvalue weighted by molar-refractivity contribution is -0.123. The van der Waals surface area contributed by atoms with Crippen LogP contribution in [0.15, 0.2) is 48.6 Å². The summed E-state index contributed by atoms with van der Waals surface area (Å²) in [5, 5.41) is 13.7. The minimum Gasteiger partial charge on any atom is -0.387 e. The predicted octanol–water partition coefficient (Wildman–Crippen LogP) is 13.7. The fourth-order valence-corrected chi connectivity index (χ4v) is 7.53. The molecular formula is C48H91N2O6P. The first kappa shape index (κ1) is 55.5. The summed E-state index contributed by atoms with van der Waals surface area (Å²) >= 11 is 0. The maximum absolute atomic E-state index is 12.8. The molecule has 5 N–H and O–H groups in total. The lowest BCUT2D eigenvalue weighted by Gasteiger charge is -2.23. The smallest absolute Gasteiger partial charge is 0.387 e. The first-order valence-electron chi connectivity index (χ1n) is 23.8. The Morgan fingerprint density at radius 3 is 1.46 bits per heavy atom. The molecule has 0 aromatic heterocycles. The number of nitrogens with one attached hydrogen (secondary N) is 1. The number of phosphoric ester groups is 1. The van der Waals surface area contributed by atoms with Crippen LogP contribution < -0.4 is 11.1 Å². The number of hydrogen-bond donors (Lipinski definition) is 4. The van der Waals surface area contributed by atoms with Gasteiger partial charge in [-0.2, -0.15) is 0 Å². The normalized spacial score (nSPS) is 14.4. The Labute approximate surface area is 352 Å². The molecule has 8 nitrogen and oxygen atoms in total. The van der Waals surface area contributed by atoms with Crippen LogP contribution in [-0.4, -0.2) is 47.8 Å². The van der Waals surface area contributed by atoms with Crippen LogP contribution in [0, 0.1) is 0 Å². The SMILES string of the molecule is CCCCCCC/C=C\C/C=C\CCCCCCCCCCCC(=O)NC(COP(=O)(O)OCCN)C(O)/C=C/CC/C=C/CCCCCCCCCCCCC. The molecule has 0 aliphatic carbocycles. The molecule has 0 saturated heterocycles. The van der Waals surface area contributed by atoms with Gasteiger partial charge in [-0.1, -0.05) is 197 Å². The van der Waals surface area contributed by atoms with Crippen molar-refractivity contribution in [2.24, 2.45) is 5.73 Å². The van der Waals surface area contributed by atoms with Crippen LogP contribution in [0.3, 0.4) is 0 Å². The summed E-state index contributed by atoms with van der Waals surface area (Å²) in [6, 6.07) is -0.880. The van der Waals surface area contributed by atoms with Gasteiger partial charge in [-0.3, -0.25) is 13.8 Å². The highest BCUT2D eigenvalue weighted by Crippen LogP contribution is 2.43. The molecule has 0 rings (SSSR count). The molecule has 0 bridgehead atoms. The summed E-state index contributed by atoms with van der Waals surface area (Å²) in [6.45, 7) is 4.11. The molecule has 57 heavy (non-hydrogen) atoms. The highest BCUT2D eigenvalue weighted by atomic mass is 31.2. The minimum absolute atomic E-state index is 0.0723. The number of aliphatic hydroxyl groups excluding tert-OH is 1. The zero-order valence-electron chi connectivity index (χ0n) is 37.1. The second kappa shape index (κ2) is 44.0. The molecule has 0 aromatic rings. The summed E-state index contributed by atoms with van der Waals surface area (Å²) in [4.78, 5) is 22.8. The van der Waals surface area contributed by atoms with Crippen molar-refractivity contribution in [3.63, 3.8) is 0 Å². The minimum atomic E-state index is -4.35. The Hall–Kier alpha value is -1.54. The number of aliphatic hydroxyl groups is 1. The van der Waals surface area contributed by atoms with Crippen molar-refractivity contribution in [2.75, 3.05) is 19.8 Å². The first-order chi connectivity index (χ1) is 27.9. The van der Waals surface area contributed by atoms with E-state index in [2.05, 4.69) is 55.6 Å². The number of nitrogens with two attached hydrogens (primary N) is 1. The molecule has 0 heterocycles. The standard InChI is InChI=1S/C48H91N2O6P/c1-3-5-7-9-11-13-15-17-19-21-22-23-24-26-28-30-32-34-36-38-40-42-48(52)50-46(45-56-57(53,54)55-44-43-49)47(51)41-39-37-35-33-31-29-27-25-20-18-16-14-12-10-8-6-4-2/h15,17,21-22,31,33,39,41,46-47,51H,3-14,16,18-20,23-30,32,34-38,40,42-45,49H2,1-2H3,(H,50,52)(H,53,54)/b17-15-,22-21-,33-31+,41-39+. The molecule has 0 aromatic carbocycles. The molecule has 0 radical (unpaired) electrons. The molecule has 0 saturated carbocycles. The number of carbonyl (C=O) groups is 1. The van der Waals surface area contributed by atoms with Gasteiger partial charge < -0.3 is 21.1 Å². The van der Waals surface area contributed by atoms with E-state index in [1.807, 2.05) is 6.08 Å². The summed E-state index contributed by atoms with van der Waals surface area (Å²) in [7, 11) is -4.35. The Bertz CT molecular complexity index is 1030. The largest absolute Gasteiger partial charge is 0.472 e. The van der Waals surface area contributed by atoms with E-state index in [1.165, 1.54) is 154 Å². The molecule has 3 unspecified atom stereocenters. The van der Waals surface area contributed by atoms with Crippen LogP contribution in [0.2, 0.25) is 0 Å². The van der Waals surface area contributed by atoms with Gasteiger partial charge in [0.05, 0.1) is 25.4 Å². The van der Waals surface area contributed by atoms with Gasteiger partial charge in [0.25, 0.3) is 0 Å². The van der Waals surface area contributed by atoms with Gasteiger partial charge in [-0.05, 0) is 64.2 Å². The third kappa shape index (κ3) is 42.4. The van der Waals surface area contributed by atoms with E-state index in [-0.39, 0.29) is 25.7 Å². The second-order valence-corrected chi connectivity index (χ2v) is 17.4. The van der Waals surface area contributed by atoms with Crippen molar-refractivity contribution in [2.45, 2.75) is 231 Å². The quantitative estimate of drug-likeness (QED) is 0.0273. The van der Waals surface area contributed by atoms with Crippen LogP contribution in [0.25, 0.3) is 0 Å². The molecule has 1 amide bonds. The highest BCUT2D eigenvalue weighted by Gasteiger charge is 2.26. The molecule has 0 fully saturated rings. The third-order valence-electron chi connectivity index (χ3n) is 10.4. The van der Waals surface area contributed by atoms with E-state index < -0.39 is 20.0 Å². The van der Waals surface area contributed by atoms with E-state index >= 15 is 0 Å². The van der Waals surface area contributed by atoms with E-state index in [0.29, 0.717) is 6.42 Å². The third-order valence-corrected chi connectivity index (χ3v) is 11.4. The van der Waals surface area contributed by atoms with Crippen molar-refractivity contribution in [1.29, 1.82) is 0 Å². The molecule has 3 atom stereocenters. The van der Waals surface area contributed by atoms with Crippen LogP contribution in [0.1, 0.15) is 219 Å². The maximum Gasteiger partial charge on any atom is 0.472 e. The zero-order chi connectivity index (χ0) is 41.8. The van der Waals surface area contributed by atoms with Crippen LogP contribution in [0.5, 0.6) is 0 Å². The van der Waals surface area contributed by atoms with Gasteiger partial charge in [0.15, 0.2) is 0 Å². The molecule has 0 aliphatic rings. The average molecular weight is 823 g/mol. The Balaban J connectivity index is 4.20. The van der Waals surface area contributed by atoms with Crippen LogP contribution in [-0.2, 0) is 18.4 Å². The van der Waals surface area contributed by atoms with Crippen molar-refractivity contribution in [3.8, 4) is 0 Å². The first-order valence-corrected chi connectivity index (χ1v) is 25.3. The number of carbonyl (C=O) groups excluding carboxylic acids is 1. The topological polar surface area (TPSA) is 131 Å². The number of phosphoric acid groups is 1. The van der Waals surface area contributed by atoms with Gasteiger partial charge >= 0.3 is 7.82 Å². The van der Waals surface area contributed by atoms with Crippen molar-refractivity contribution in [3.05, 3.63) is 48.6 Å². The molecule has 0 aliphatic heterocycles. The lowest BCUT2D eigenvalue weighted by atomic mass is 10.0. The average Bonchev–Trinajstić information content (AvgIpc) is 3.20. The van der Waals surface area contributed by atoms with Crippen LogP contribution >= 0.6 is 7.82 Å². The molecular weight excluding hydrogens is 732 g/mol. The van der Waals surface area contributed by atoms with E-state index in [9.17, 15) is 19.4 Å².